The summed E-state index contributed by atoms with van der Waals surface area (Å²) in [5, 5.41) is 0.679. The Morgan fingerprint density at radius 1 is 1.43 bits per heavy atom. The predicted octanol–water partition coefficient (Wildman–Crippen LogP) is 1.03. The predicted molar refractivity (Wildman–Crippen MR) is 56.9 cm³/mol. The van der Waals surface area contributed by atoms with Crippen LogP contribution in [0.4, 0.5) is 5.82 Å². The molecule has 0 aliphatic carbocycles. The Morgan fingerprint density at radius 3 is 3.00 bits per heavy atom. The number of hydrazine groups is 1. The number of nitrogens with zero attached hydrogens (tertiary/aromatic N) is 3. The van der Waals surface area contributed by atoms with Crippen LogP contribution in [0.2, 0.25) is 0 Å². The van der Waals surface area contributed by atoms with Gasteiger partial charge in [0.05, 0.1) is 5.52 Å². The molecule has 0 radical (unpaired) electrons. The number of anilines is 1. The van der Waals surface area contributed by atoms with Gasteiger partial charge < -0.3 is 5.43 Å². The highest BCUT2D eigenvalue weighted by Crippen LogP contribution is 2.20. The summed E-state index contributed by atoms with van der Waals surface area (Å²) in [6.07, 6.45) is 3.60. The number of aromatic nitrogens is 3. The number of nitrogens with two attached hydrogens (primary N) is 1. The van der Waals surface area contributed by atoms with E-state index in [1.165, 1.54) is 11.8 Å². The van der Waals surface area contributed by atoms with Crippen molar-refractivity contribution in [3.05, 3.63) is 18.3 Å². The number of nitrogens with one attached hydrogen (secondary N) is 1. The Bertz CT molecular complexity index is 458. The Morgan fingerprint density at radius 2 is 2.29 bits per heavy atom. The first-order valence-electron chi connectivity index (χ1n) is 3.98. The molecule has 6 heteroatoms. The molecule has 0 fully saturated rings. The summed E-state index contributed by atoms with van der Waals surface area (Å²) in [5.74, 6) is 5.91. The van der Waals surface area contributed by atoms with Crippen LogP contribution < -0.4 is 11.3 Å². The minimum absolute atomic E-state index is 0.556. The van der Waals surface area contributed by atoms with E-state index in [2.05, 4.69) is 20.4 Å². The fourth-order valence-corrected chi connectivity index (χ4v) is 1.51. The van der Waals surface area contributed by atoms with E-state index < -0.39 is 0 Å². The lowest BCUT2D eigenvalue weighted by Crippen LogP contribution is -2.10. The average molecular weight is 207 g/mol. The first-order valence-corrected chi connectivity index (χ1v) is 5.21. The SMILES string of the molecule is CSc1nc(NN)c2ncccc2n1. The molecule has 0 aliphatic rings. The molecule has 0 unspecified atom stereocenters. The topological polar surface area (TPSA) is 76.7 Å². The zero-order valence-corrected chi connectivity index (χ0v) is 8.38. The van der Waals surface area contributed by atoms with Gasteiger partial charge in [-0.15, -0.1) is 0 Å². The van der Waals surface area contributed by atoms with Crippen LogP contribution in [-0.2, 0) is 0 Å². The van der Waals surface area contributed by atoms with E-state index in [1.54, 1.807) is 6.20 Å². The number of fused-ring (bicyclic) bond motifs is 1. The molecule has 2 aromatic rings. The van der Waals surface area contributed by atoms with Gasteiger partial charge in [0, 0.05) is 6.20 Å². The van der Waals surface area contributed by atoms with E-state index in [0.717, 1.165) is 5.52 Å². The van der Waals surface area contributed by atoms with Crippen LogP contribution >= 0.6 is 11.8 Å². The summed E-state index contributed by atoms with van der Waals surface area (Å²) < 4.78 is 0. The number of rotatable bonds is 2. The quantitative estimate of drug-likeness (QED) is 0.331. The van der Waals surface area contributed by atoms with Crippen molar-refractivity contribution < 1.29 is 0 Å². The summed E-state index contributed by atoms with van der Waals surface area (Å²) in [7, 11) is 0. The fraction of sp³-hybridized carbons (Fsp3) is 0.125. The highest BCUT2D eigenvalue weighted by molar-refractivity contribution is 7.98. The molecule has 2 aromatic heterocycles. The summed E-state index contributed by atoms with van der Waals surface area (Å²) in [6, 6.07) is 3.71. The molecule has 0 atom stereocenters. The molecule has 0 bridgehead atoms. The zero-order valence-electron chi connectivity index (χ0n) is 7.56. The number of nitrogen functional groups attached to an aromatic ring is 1. The summed E-state index contributed by atoms with van der Waals surface area (Å²) in [6.45, 7) is 0. The lowest BCUT2D eigenvalue weighted by molar-refractivity contribution is 0.994. The Labute approximate surface area is 85.1 Å². The van der Waals surface area contributed by atoms with Gasteiger partial charge in [-0.25, -0.2) is 15.8 Å². The van der Waals surface area contributed by atoms with Crippen LogP contribution in [0.15, 0.2) is 23.5 Å². The van der Waals surface area contributed by atoms with Gasteiger partial charge in [-0.2, -0.15) is 0 Å². The summed E-state index contributed by atoms with van der Waals surface area (Å²) in [4.78, 5) is 12.6. The Balaban J connectivity index is 2.73. The second-order valence-corrected chi connectivity index (χ2v) is 3.35. The second kappa shape index (κ2) is 3.77. The van der Waals surface area contributed by atoms with E-state index >= 15 is 0 Å². The maximum Gasteiger partial charge on any atom is 0.189 e. The minimum atomic E-state index is 0.556. The molecule has 0 aliphatic heterocycles. The summed E-state index contributed by atoms with van der Waals surface area (Å²) >= 11 is 1.47. The average Bonchev–Trinajstić information content (AvgIpc) is 2.27. The van der Waals surface area contributed by atoms with Crippen LogP contribution in [0.5, 0.6) is 0 Å². The van der Waals surface area contributed by atoms with Crippen molar-refractivity contribution in [2.24, 2.45) is 5.84 Å². The van der Waals surface area contributed by atoms with Crippen LogP contribution in [0.25, 0.3) is 11.0 Å². The minimum Gasteiger partial charge on any atom is -0.307 e. The molecule has 2 rings (SSSR count). The van der Waals surface area contributed by atoms with Crippen molar-refractivity contribution in [2.75, 3.05) is 11.7 Å². The van der Waals surface area contributed by atoms with E-state index in [-0.39, 0.29) is 0 Å². The third-order valence-corrected chi connectivity index (χ3v) is 2.30. The third kappa shape index (κ3) is 1.49. The van der Waals surface area contributed by atoms with Gasteiger partial charge in [0.1, 0.15) is 5.52 Å². The zero-order chi connectivity index (χ0) is 9.97. The number of hydrogen-bond donors (Lipinski definition) is 2. The number of thioether (sulfide) groups is 1. The maximum absolute atomic E-state index is 5.35. The molecule has 2 heterocycles. The van der Waals surface area contributed by atoms with Gasteiger partial charge in [-0.1, -0.05) is 11.8 Å². The monoisotopic (exact) mass is 207 g/mol. The van der Waals surface area contributed by atoms with E-state index in [4.69, 9.17) is 5.84 Å². The van der Waals surface area contributed by atoms with Crippen molar-refractivity contribution in [1.29, 1.82) is 0 Å². The number of hydrogen-bond acceptors (Lipinski definition) is 6. The fourth-order valence-electron chi connectivity index (χ4n) is 1.14. The van der Waals surface area contributed by atoms with Gasteiger partial charge in [-0.05, 0) is 18.4 Å². The van der Waals surface area contributed by atoms with Crippen molar-refractivity contribution in [2.45, 2.75) is 5.16 Å². The first-order chi connectivity index (χ1) is 6.85. The molecule has 0 aromatic carbocycles. The Kier molecular flexibility index (Phi) is 2.47. The third-order valence-electron chi connectivity index (χ3n) is 1.75. The lowest BCUT2D eigenvalue weighted by Gasteiger charge is -2.04. The maximum atomic E-state index is 5.35. The molecule has 0 saturated heterocycles. The molecule has 0 spiro atoms. The molecule has 0 amide bonds. The number of pyridine rings is 1. The van der Waals surface area contributed by atoms with E-state index in [0.29, 0.717) is 16.5 Å². The molecule has 0 saturated carbocycles. The van der Waals surface area contributed by atoms with Crippen LogP contribution in [0.3, 0.4) is 0 Å². The van der Waals surface area contributed by atoms with Crippen molar-refractivity contribution in [1.82, 2.24) is 15.0 Å². The van der Waals surface area contributed by atoms with Gasteiger partial charge in [0.15, 0.2) is 11.0 Å². The van der Waals surface area contributed by atoms with Gasteiger partial charge in [0.2, 0.25) is 0 Å². The highest BCUT2D eigenvalue weighted by atomic mass is 32.2. The normalized spacial score (nSPS) is 10.4. The smallest absolute Gasteiger partial charge is 0.189 e. The summed E-state index contributed by atoms with van der Waals surface area (Å²) in [5.41, 5.74) is 4.00. The van der Waals surface area contributed by atoms with E-state index in [1.807, 2.05) is 18.4 Å². The van der Waals surface area contributed by atoms with Crippen molar-refractivity contribution >= 4 is 28.6 Å². The molecule has 3 N–H and O–H groups in total. The molecular formula is C8H9N5S. The largest absolute Gasteiger partial charge is 0.307 e. The highest BCUT2D eigenvalue weighted by Gasteiger charge is 2.05. The lowest BCUT2D eigenvalue weighted by atomic mass is 10.3. The molecular weight excluding hydrogens is 198 g/mol. The van der Waals surface area contributed by atoms with Gasteiger partial charge in [0.25, 0.3) is 0 Å². The second-order valence-electron chi connectivity index (χ2n) is 2.57. The molecule has 72 valence electrons. The van der Waals surface area contributed by atoms with Crippen molar-refractivity contribution in [3.63, 3.8) is 0 Å². The first kappa shape index (κ1) is 9.17. The van der Waals surface area contributed by atoms with Crippen LogP contribution in [0.1, 0.15) is 0 Å². The van der Waals surface area contributed by atoms with Gasteiger partial charge >= 0.3 is 0 Å². The van der Waals surface area contributed by atoms with Crippen molar-refractivity contribution in [3.8, 4) is 0 Å². The van der Waals surface area contributed by atoms with Gasteiger partial charge in [-0.3, -0.25) is 4.98 Å². The molecule has 14 heavy (non-hydrogen) atoms. The standard InChI is InChI=1S/C8H9N5S/c1-14-8-11-5-3-2-4-10-6(5)7(12-8)13-9/h2-4H,9H2,1H3,(H,11,12,13). The van der Waals surface area contributed by atoms with Crippen LogP contribution in [-0.4, -0.2) is 21.2 Å². The van der Waals surface area contributed by atoms with E-state index in [9.17, 15) is 0 Å². The Hall–Kier alpha value is -1.40. The molecule has 5 nitrogen and oxygen atoms in total. The van der Waals surface area contributed by atoms with Crippen LogP contribution in [0, 0.1) is 0 Å².